The molecule has 1 saturated heterocycles. The number of hydrogen-bond acceptors (Lipinski definition) is 5. The number of rotatable bonds is 5. The molecule has 1 aromatic heterocycles. The van der Waals surface area contributed by atoms with Gasteiger partial charge in [-0.05, 0) is 59.3 Å². The van der Waals surface area contributed by atoms with E-state index in [1.54, 1.807) is 23.9 Å². The highest BCUT2D eigenvalue weighted by Gasteiger charge is 2.34. The van der Waals surface area contributed by atoms with Crippen LogP contribution in [0, 0.1) is 5.92 Å². The summed E-state index contributed by atoms with van der Waals surface area (Å²) in [6, 6.07) is 10.9. The van der Waals surface area contributed by atoms with Crippen LogP contribution in [-0.4, -0.2) is 38.0 Å². The van der Waals surface area contributed by atoms with Gasteiger partial charge in [-0.1, -0.05) is 12.1 Å². The first-order valence-electron chi connectivity index (χ1n) is 8.11. The number of amides is 1. The Kier molecular flexibility index (Phi) is 6.45. The van der Waals surface area contributed by atoms with Gasteiger partial charge in [0.1, 0.15) is 4.21 Å². The molecule has 2 aromatic rings. The number of para-hydroxylation sites is 1. The van der Waals surface area contributed by atoms with E-state index in [0.29, 0.717) is 23.6 Å². The van der Waals surface area contributed by atoms with E-state index in [2.05, 4.69) is 21.2 Å². The predicted octanol–water partition coefficient (Wildman–Crippen LogP) is 4.27. The van der Waals surface area contributed by atoms with Gasteiger partial charge in [-0.2, -0.15) is 4.31 Å². The third-order valence-electron chi connectivity index (χ3n) is 4.26. The van der Waals surface area contributed by atoms with Crippen LogP contribution in [0.4, 0.5) is 5.69 Å². The van der Waals surface area contributed by atoms with Crippen molar-refractivity contribution in [2.75, 3.05) is 24.7 Å². The second-order valence-corrected chi connectivity index (χ2v) is 11.4. The number of piperidine rings is 1. The second-order valence-electron chi connectivity index (χ2n) is 5.95. The van der Waals surface area contributed by atoms with Crippen LogP contribution in [0.2, 0.25) is 0 Å². The molecule has 1 atom stereocenters. The van der Waals surface area contributed by atoms with Crippen LogP contribution in [0.25, 0.3) is 0 Å². The van der Waals surface area contributed by atoms with Gasteiger partial charge in [0, 0.05) is 18.0 Å². The van der Waals surface area contributed by atoms with Crippen molar-refractivity contribution in [1.29, 1.82) is 0 Å². The molecule has 140 valence electrons. The van der Waals surface area contributed by atoms with E-state index in [1.807, 2.05) is 30.5 Å². The van der Waals surface area contributed by atoms with Crippen LogP contribution in [-0.2, 0) is 14.8 Å². The van der Waals surface area contributed by atoms with E-state index in [0.717, 1.165) is 14.4 Å². The summed E-state index contributed by atoms with van der Waals surface area (Å²) < 4.78 is 28.1. The fourth-order valence-electron chi connectivity index (χ4n) is 2.92. The summed E-state index contributed by atoms with van der Waals surface area (Å²) in [7, 11) is -3.56. The van der Waals surface area contributed by atoms with Crippen molar-refractivity contribution in [3.05, 3.63) is 40.2 Å². The minimum atomic E-state index is -3.56. The molecule has 1 aliphatic rings. The number of carbonyl (C=O) groups excluding carboxylic acids is 1. The summed E-state index contributed by atoms with van der Waals surface area (Å²) in [6.45, 7) is 0.661. The van der Waals surface area contributed by atoms with Gasteiger partial charge >= 0.3 is 0 Å². The molecular weight excluding hydrogens is 456 g/mol. The Bertz CT molecular complexity index is 898. The number of halogens is 1. The van der Waals surface area contributed by atoms with Crippen LogP contribution >= 0.6 is 39.0 Å². The Hall–Kier alpha value is -0.870. The normalized spacial score (nSPS) is 18.6. The Morgan fingerprint density at radius 3 is 2.77 bits per heavy atom. The molecule has 1 aliphatic heterocycles. The van der Waals surface area contributed by atoms with Crippen molar-refractivity contribution >= 4 is 60.6 Å². The lowest BCUT2D eigenvalue weighted by Crippen LogP contribution is -2.43. The van der Waals surface area contributed by atoms with Gasteiger partial charge < -0.3 is 5.32 Å². The maximum Gasteiger partial charge on any atom is 0.252 e. The summed E-state index contributed by atoms with van der Waals surface area (Å²) in [5.74, 6) is -0.476. The largest absolute Gasteiger partial charge is 0.325 e. The number of carbonyl (C=O) groups is 1. The molecule has 0 bridgehead atoms. The molecule has 5 nitrogen and oxygen atoms in total. The fraction of sp³-hybridized carbons (Fsp3) is 0.353. The molecule has 26 heavy (non-hydrogen) atoms. The van der Waals surface area contributed by atoms with Crippen LogP contribution in [0.15, 0.2) is 49.3 Å². The maximum absolute atomic E-state index is 12.8. The molecule has 9 heteroatoms. The molecule has 1 fully saturated rings. The lowest BCUT2D eigenvalue weighted by molar-refractivity contribution is -0.120. The van der Waals surface area contributed by atoms with Gasteiger partial charge in [0.05, 0.1) is 15.4 Å². The zero-order valence-corrected chi connectivity index (χ0v) is 18.2. The molecule has 0 saturated carbocycles. The number of thiophene rings is 1. The first-order chi connectivity index (χ1) is 12.4. The van der Waals surface area contributed by atoms with Gasteiger partial charge in [-0.3, -0.25) is 4.79 Å². The Morgan fingerprint density at radius 2 is 2.08 bits per heavy atom. The lowest BCUT2D eigenvalue weighted by atomic mass is 9.99. The molecule has 0 radical (unpaired) electrons. The number of thioether (sulfide) groups is 1. The summed E-state index contributed by atoms with van der Waals surface area (Å²) in [5.41, 5.74) is 0.771. The van der Waals surface area contributed by atoms with Crippen molar-refractivity contribution in [3.8, 4) is 0 Å². The topological polar surface area (TPSA) is 66.5 Å². The molecule has 3 rings (SSSR count). The van der Waals surface area contributed by atoms with E-state index in [9.17, 15) is 13.2 Å². The van der Waals surface area contributed by atoms with Crippen molar-refractivity contribution in [2.45, 2.75) is 21.9 Å². The predicted molar refractivity (Wildman–Crippen MR) is 110 cm³/mol. The van der Waals surface area contributed by atoms with Crippen molar-refractivity contribution < 1.29 is 13.2 Å². The molecule has 1 amide bonds. The number of anilines is 1. The summed E-state index contributed by atoms with van der Waals surface area (Å²) in [4.78, 5) is 13.7. The second kappa shape index (κ2) is 8.43. The molecular formula is C17H19BrN2O3S3. The fourth-order valence-corrected chi connectivity index (χ4v) is 7.16. The first kappa shape index (κ1) is 19.9. The van der Waals surface area contributed by atoms with E-state index in [1.165, 1.54) is 15.6 Å². The third kappa shape index (κ3) is 4.33. The van der Waals surface area contributed by atoms with Gasteiger partial charge in [0.15, 0.2) is 0 Å². The minimum Gasteiger partial charge on any atom is -0.325 e. The van der Waals surface area contributed by atoms with E-state index in [-0.39, 0.29) is 18.4 Å². The molecule has 0 aliphatic carbocycles. The summed E-state index contributed by atoms with van der Waals surface area (Å²) in [5, 5.41) is 2.96. The average molecular weight is 475 g/mol. The average Bonchev–Trinajstić information content (AvgIpc) is 3.09. The quantitative estimate of drug-likeness (QED) is 0.656. The lowest BCUT2D eigenvalue weighted by Gasteiger charge is -2.30. The highest BCUT2D eigenvalue weighted by Crippen LogP contribution is 2.31. The van der Waals surface area contributed by atoms with Crippen LogP contribution in [0.1, 0.15) is 12.8 Å². The number of sulfonamides is 1. The molecule has 1 N–H and O–H groups in total. The summed E-state index contributed by atoms with van der Waals surface area (Å²) >= 11 is 6.06. The van der Waals surface area contributed by atoms with Crippen LogP contribution < -0.4 is 5.32 Å². The van der Waals surface area contributed by atoms with E-state index in [4.69, 9.17) is 0 Å². The smallest absolute Gasteiger partial charge is 0.252 e. The van der Waals surface area contributed by atoms with Crippen molar-refractivity contribution in [2.24, 2.45) is 5.92 Å². The Labute approximate surface area is 170 Å². The third-order valence-corrected chi connectivity index (χ3v) is 9.01. The van der Waals surface area contributed by atoms with Crippen LogP contribution in [0.3, 0.4) is 0 Å². The molecule has 0 spiro atoms. The van der Waals surface area contributed by atoms with Gasteiger partial charge in [0.25, 0.3) is 10.0 Å². The van der Waals surface area contributed by atoms with Crippen molar-refractivity contribution in [1.82, 2.24) is 4.31 Å². The van der Waals surface area contributed by atoms with Crippen LogP contribution in [0.5, 0.6) is 0 Å². The SMILES string of the molecule is CSc1ccccc1NC(=O)C1CCCN(S(=O)(=O)c2ccc(Br)s2)C1. The monoisotopic (exact) mass is 474 g/mol. The number of nitrogens with one attached hydrogen (secondary N) is 1. The molecule has 2 heterocycles. The Balaban J connectivity index is 1.73. The minimum absolute atomic E-state index is 0.126. The molecule has 1 unspecified atom stereocenters. The van der Waals surface area contributed by atoms with E-state index >= 15 is 0 Å². The first-order valence-corrected chi connectivity index (χ1v) is 12.4. The number of hydrogen-bond donors (Lipinski definition) is 1. The maximum atomic E-state index is 12.8. The number of benzene rings is 1. The summed E-state index contributed by atoms with van der Waals surface area (Å²) in [6.07, 6.45) is 3.32. The van der Waals surface area contributed by atoms with Gasteiger partial charge in [-0.25, -0.2) is 8.42 Å². The van der Waals surface area contributed by atoms with Crippen molar-refractivity contribution in [3.63, 3.8) is 0 Å². The highest BCUT2D eigenvalue weighted by molar-refractivity contribution is 9.11. The highest BCUT2D eigenvalue weighted by atomic mass is 79.9. The zero-order valence-electron chi connectivity index (χ0n) is 14.1. The van der Waals surface area contributed by atoms with E-state index < -0.39 is 10.0 Å². The standard InChI is InChI=1S/C17H19BrN2O3S3/c1-24-14-7-3-2-6-13(14)19-17(21)12-5-4-10-20(11-12)26(22,23)16-9-8-15(18)25-16/h2-3,6-9,12H,4-5,10-11H2,1H3,(H,19,21). The van der Waals surface area contributed by atoms with Gasteiger partial charge in [-0.15, -0.1) is 23.1 Å². The number of nitrogens with zero attached hydrogens (tertiary/aromatic N) is 1. The van der Waals surface area contributed by atoms with Gasteiger partial charge in [0.2, 0.25) is 5.91 Å². The Morgan fingerprint density at radius 1 is 1.31 bits per heavy atom. The molecule has 1 aromatic carbocycles. The zero-order chi connectivity index (χ0) is 18.7.